The first-order valence-corrected chi connectivity index (χ1v) is 8.70. The van der Waals surface area contributed by atoms with E-state index < -0.39 is 0 Å². The maximum absolute atomic E-state index is 5.85. The average Bonchev–Trinajstić information content (AvgIpc) is 2.38. The molecule has 1 aromatic carbocycles. The number of halogens is 3. The largest absolute Gasteiger partial charge is 0.126 e. The van der Waals surface area contributed by atoms with E-state index in [1.807, 2.05) is 30.0 Å². The van der Waals surface area contributed by atoms with Gasteiger partial charge < -0.3 is 0 Å². The predicted octanol–water partition coefficient (Wildman–Crippen LogP) is 7.09. The standard InChI is InChI=1S/C15H19Cl3S/c16-13-8-10-14(11-9-13)19-12-6-4-2-1-3-5-7-15(17)18/h7-11H,1-6,12H2. The van der Waals surface area contributed by atoms with E-state index in [0.29, 0.717) is 4.49 Å². The monoisotopic (exact) mass is 336 g/mol. The van der Waals surface area contributed by atoms with Gasteiger partial charge in [0.15, 0.2) is 0 Å². The molecule has 0 spiro atoms. The Balaban J connectivity index is 1.94. The lowest BCUT2D eigenvalue weighted by Crippen LogP contribution is -1.82. The van der Waals surface area contributed by atoms with Gasteiger partial charge >= 0.3 is 0 Å². The second kappa shape index (κ2) is 10.9. The zero-order valence-corrected chi connectivity index (χ0v) is 14.0. The lowest BCUT2D eigenvalue weighted by molar-refractivity contribution is 0.640. The molecule has 0 aliphatic heterocycles. The Labute approximate surface area is 135 Å². The zero-order chi connectivity index (χ0) is 13.9. The van der Waals surface area contributed by atoms with Gasteiger partial charge in [0.1, 0.15) is 4.49 Å². The van der Waals surface area contributed by atoms with Gasteiger partial charge in [0.25, 0.3) is 0 Å². The summed E-state index contributed by atoms with van der Waals surface area (Å²) in [5.74, 6) is 1.18. The molecule has 0 atom stereocenters. The van der Waals surface area contributed by atoms with Crippen molar-refractivity contribution in [3.63, 3.8) is 0 Å². The van der Waals surface area contributed by atoms with E-state index in [1.165, 1.54) is 42.8 Å². The van der Waals surface area contributed by atoms with Gasteiger partial charge in [-0.2, -0.15) is 0 Å². The number of unbranched alkanes of at least 4 members (excludes halogenated alkanes) is 5. The van der Waals surface area contributed by atoms with Crippen molar-refractivity contribution in [3.8, 4) is 0 Å². The third-order valence-electron chi connectivity index (χ3n) is 2.73. The maximum atomic E-state index is 5.85. The molecule has 0 N–H and O–H groups in total. The molecule has 4 heteroatoms. The molecule has 0 saturated carbocycles. The van der Waals surface area contributed by atoms with Crippen LogP contribution in [-0.2, 0) is 0 Å². The topological polar surface area (TPSA) is 0 Å². The van der Waals surface area contributed by atoms with Crippen LogP contribution in [0.4, 0.5) is 0 Å². The van der Waals surface area contributed by atoms with Gasteiger partial charge in [0.2, 0.25) is 0 Å². The van der Waals surface area contributed by atoms with Crippen molar-refractivity contribution in [2.75, 3.05) is 5.75 Å². The Morgan fingerprint density at radius 2 is 1.58 bits per heavy atom. The van der Waals surface area contributed by atoms with E-state index in [0.717, 1.165) is 11.4 Å². The number of rotatable bonds is 9. The Morgan fingerprint density at radius 1 is 0.947 bits per heavy atom. The van der Waals surface area contributed by atoms with Gasteiger partial charge in [-0.15, -0.1) is 11.8 Å². The summed E-state index contributed by atoms with van der Waals surface area (Å²) in [5, 5.41) is 0.801. The smallest absolute Gasteiger partial charge is 0.102 e. The van der Waals surface area contributed by atoms with E-state index >= 15 is 0 Å². The number of thioether (sulfide) groups is 1. The third-order valence-corrected chi connectivity index (χ3v) is 4.39. The fourth-order valence-electron chi connectivity index (χ4n) is 1.71. The second-order valence-corrected chi connectivity index (χ2v) is 6.97. The molecule has 0 saturated heterocycles. The van der Waals surface area contributed by atoms with Gasteiger partial charge in [-0.05, 0) is 49.3 Å². The Hall–Kier alpha value is 0.180. The predicted molar refractivity (Wildman–Crippen MR) is 89.7 cm³/mol. The van der Waals surface area contributed by atoms with Crippen LogP contribution in [0, 0.1) is 0 Å². The lowest BCUT2D eigenvalue weighted by atomic mass is 10.1. The molecule has 0 aliphatic rings. The quantitative estimate of drug-likeness (QED) is 0.342. The van der Waals surface area contributed by atoms with Gasteiger partial charge in [0, 0.05) is 9.92 Å². The molecule has 0 unspecified atom stereocenters. The van der Waals surface area contributed by atoms with Crippen LogP contribution >= 0.6 is 46.6 Å². The number of benzene rings is 1. The van der Waals surface area contributed by atoms with Crippen LogP contribution in [0.5, 0.6) is 0 Å². The maximum Gasteiger partial charge on any atom is 0.102 e. The summed E-state index contributed by atoms with van der Waals surface area (Å²) in [7, 11) is 0. The van der Waals surface area contributed by atoms with Crippen molar-refractivity contribution in [1.29, 1.82) is 0 Å². The number of allylic oxidation sites excluding steroid dienone is 1. The molecule has 0 aliphatic carbocycles. The first kappa shape index (κ1) is 17.2. The summed E-state index contributed by atoms with van der Waals surface area (Å²) in [6.45, 7) is 0. The molecular weight excluding hydrogens is 319 g/mol. The van der Waals surface area contributed by atoms with Crippen molar-refractivity contribution in [2.45, 2.75) is 43.4 Å². The first-order valence-electron chi connectivity index (χ1n) is 6.58. The molecule has 0 fully saturated rings. The van der Waals surface area contributed by atoms with E-state index in [9.17, 15) is 0 Å². The molecule has 0 radical (unpaired) electrons. The summed E-state index contributed by atoms with van der Waals surface area (Å²) >= 11 is 18.8. The summed E-state index contributed by atoms with van der Waals surface area (Å²) in [4.78, 5) is 1.30. The Bertz CT molecular complexity index is 369. The third kappa shape index (κ3) is 9.67. The van der Waals surface area contributed by atoms with Crippen molar-refractivity contribution in [1.82, 2.24) is 0 Å². The summed E-state index contributed by atoms with van der Waals surface area (Å²) in [6.07, 6.45) is 9.13. The molecule has 1 rings (SSSR count). The number of hydrogen-bond donors (Lipinski definition) is 0. The SMILES string of the molecule is ClC(Cl)=CCCCCCCCSc1ccc(Cl)cc1. The Kier molecular flexibility index (Phi) is 9.89. The fourth-order valence-corrected chi connectivity index (χ4v) is 2.97. The highest BCUT2D eigenvalue weighted by molar-refractivity contribution is 7.99. The molecule has 0 heterocycles. The normalized spacial score (nSPS) is 10.5. The van der Waals surface area contributed by atoms with Crippen molar-refractivity contribution < 1.29 is 0 Å². The summed E-state index contributed by atoms with van der Waals surface area (Å²) in [6, 6.07) is 8.04. The summed E-state index contributed by atoms with van der Waals surface area (Å²) < 4.78 is 0.388. The molecule has 106 valence electrons. The minimum Gasteiger partial charge on any atom is -0.126 e. The van der Waals surface area contributed by atoms with Crippen LogP contribution < -0.4 is 0 Å². The van der Waals surface area contributed by atoms with E-state index in [-0.39, 0.29) is 0 Å². The van der Waals surface area contributed by atoms with E-state index in [2.05, 4.69) is 12.1 Å². The Morgan fingerprint density at radius 3 is 2.26 bits per heavy atom. The van der Waals surface area contributed by atoms with Crippen molar-refractivity contribution in [2.24, 2.45) is 0 Å². The number of hydrogen-bond acceptors (Lipinski definition) is 1. The van der Waals surface area contributed by atoms with Crippen LogP contribution in [-0.4, -0.2) is 5.75 Å². The van der Waals surface area contributed by atoms with Crippen LogP contribution in [0.25, 0.3) is 0 Å². The lowest BCUT2D eigenvalue weighted by Gasteiger charge is -2.02. The van der Waals surface area contributed by atoms with Gasteiger partial charge in [-0.3, -0.25) is 0 Å². The van der Waals surface area contributed by atoms with Crippen molar-refractivity contribution in [3.05, 3.63) is 39.9 Å². The highest BCUT2D eigenvalue weighted by Crippen LogP contribution is 2.22. The highest BCUT2D eigenvalue weighted by Gasteiger charge is 1.95. The highest BCUT2D eigenvalue weighted by atomic mass is 35.5. The minimum atomic E-state index is 0.388. The van der Waals surface area contributed by atoms with Crippen LogP contribution in [0.1, 0.15) is 38.5 Å². The second-order valence-electron chi connectivity index (χ2n) is 4.35. The molecule has 0 amide bonds. The van der Waals surface area contributed by atoms with Crippen LogP contribution in [0.3, 0.4) is 0 Å². The molecule has 0 nitrogen and oxygen atoms in total. The molecular formula is C15H19Cl3S. The van der Waals surface area contributed by atoms with Gasteiger partial charge in [0.05, 0.1) is 0 Å². The average molecular weight is 338 g/mol. The fraction of sp³-hybridized carbons (Fsp3) is 0.467. The minimum absolute atomic E-state index is 0.388. The van der Waals surface area contributed by atoms with Gasteiger partial charge in [-0.1, -0.05) is 60.1 Å². The molecule has 19 heavy (non-hydrogen) atoms. The molecule has 0 bridgehead atoms. The van der Waals surface area contributed by atoms with Gasteiger partial charge in [-0.25, -0.2) is 0 Å². The zero-order valence-electron chi connectivity index (χ0n) is 10.9. The van der Waals surface area contributed by atoms with E-state index in [1.54, 1.807) is 0 Å². The van der Waals surface area contributed by atoms with Crippen LogP contribution in [0.2, 0.25) is 5.02 Å². The van der Waals surface area contributed by atoms with E-state index in [4.69, 9.17) is 34.8 Å². The van der Waals surface area contributed by atoms with Crippen molar-refractivity contribution >= 4 is 46.6 Å². The molecule has 1 aromatic rings. The first-order chi connectivity index (χ1) is 9.18. The molecule has 0 aromatic heterocycles. The van der Waals surface area contributed by atoms with Crippen LogP contribution in [0.15, 0.2) is 39.7 Å². The summed E-state index contributed by atoms with van der Waals surface area (Å²) in [5.41, 5.74) is 0.